The van der Waals surface area contributed by atoms with Crippen LogP contribution < -0.4 is 10.1 Å². The monoisotopic (exact) mass is 417 g/mol. The molecule has 1 aliphatic carbocycles. The van der Waals surface area contributed by atoms with Gasteiger partial charge in [0.1, 0.15) is 17.7 Å². The minimum Gasteiger partial charge on any atom is -0.474 e. The number of nitrogens with one attached hydrogen (secondary N) is 1. The van der Waals surface area contributed by atoms with Crippen molar-refractivity contribution in [1.29, 1.82) is 0 Å². The SMILES string of the molecule is Fc1cnc(OC2CC(Nc3nc4ccc(F)cc4s3)C2)c(C2CCOCC2)c1. The minimum atomic E-state index is -0.334. The summed E-state index contributed by atoms with van der Waals surface area (Å²) < 4.78 is 39.5. The molecule has 3 heterocycles. The number of hydrogen-bond donors (Lipinski definition) is 1. The van der Waals surface area contributed by atoms with E-state index in [0.29, 0.717) is 19.1 Å². The van der Waals surface area contributed by atoms with Gasteiger partial charge in [-0.15, -0.1) is 0 Å². The maximum absolute atomic E-state index is 13.8. The van der Waals surface area contributed by atoms with E-state index >= 15 is 0 Å². The fourth-order valence-corrected chi connectivity index (χ4v) is 4.88. The number of benzene rings is 1. The van der Waals surface area contributed by atoms with Crippen molar-refractivity contribution in [2.45, 2.75) is 43.7 Å². The van der Waals surface area contributed by atoms with Gasteiger partial charge in [0.05, 0.1) is 16.4 Å². The Labute approximate surface area is 171 Å². The standard InChI is InChI=1S/C21H21F2N3O2S/c22-13-1-2-18-19(8-13)29-21(26-18)25-15-9-16(10-15)28-20-17(7-14(23)11-24-20)12-3-5-27-6-4-12/h1-2,7-8,11-12,15-16H,3-6,9-10H2,(H,25,26). The average Bonchev–Trinajstić information content (AvgIpc) is 3.09. The Hall–Kier alpha value is -2.32. The molecular formula is C21H21F2N3O2S. The van der Waals surface area contributed by atoms with Crippen molar-refractivity contribution in [2.24, 2.45) is 0 Å². The minimum absolute atomic E-state index is 0.0378. The van der Waals surface area contributed by atoms with Gasteiger partial charge in [-0.2, -0.15) is 0 Å². The lowest BCUT2D eigenvalue weighted by molar-refractivity contribution is 0.0792. The maximum atomic E-state index is 13.8. The molecule has 2 aliphatic rings. The summed E-state index contributed by atoms with van der Waals surface area (Å²) in [5.74, 6) is 0.174. The molecule has 3 aromatic rings. The summed E-state index contributed by atoms with van der Waals surface area (Å²) >= 11 is 1.45. The Balaban J connectivity index is 1.21. The molecule has 8 heteroatoms. The summed E-state index contributed by atoms with van der Waals surface area (Å²) in [5, 5.41) is 4.19. The average molecular weight is 417 g/mol. The molecule has 0 unspecified atom stereocenters. The number of anilines is 1. The van der Waals surface area contributed by atoms with Crippen LogP contribution in [0.15, 0.2) is 30.5 Å². The lowest BCUT2D eigenvalue weighted by Gasteiger charge is -2.36. The van der Waals surface area contributed by atoms with Crippen LogP contribution in [0.25, 0.3) is 10.2 Å². The number of ether oxygens (including phenoxy) is 2. The van der Waals surface area contributed by atoms with Gasteiger partial charge in [0.15, 0.2) is 5.13 Å². The van der Waals surface area contributed by atoms with Crippen LogP contribution >= 0.6 is 11.3 Å². The molecule has 0 radical (unpaired) electrons. The van der Waals surface area contributed by atoms with E-state index in [9.17, 15) is 8.78 Å². The lowest BCUT2D eigenvalue weighted by atomic mass is 9.89. The summed E-state index contributed by atoms with van der Waals surface area (Å²) in [6.45, 7) is 1.37. The number of pyridine rings is 1. The van der Waals surface area contributed by atoms with Gasteiger partial charge >= 0.3 is 0 Å². The maximum Gasteiger partial charge on any atom is 0.217 e. The Morgan fingerprint density at radius 2 is 1.93 bits per heavy atom. The van der Waals surface area contributed by atoms with E-state index in [2.05, 4.69) is 15.3 Å². The van der Waals surface area contributed by atoms with Gasteiger partial charge in [-0.05, 0) is 43.0 Å². The van der Waals surface area contributed by atoms with Crippen molar-refractivity contribution in [2.75, 3.05) is 18.5 Å². The highest BCUT2D eigenvalue weighted by molar-refractivity contribution is 7.22. The van der Waals surface area contributed by atoms with Crippen LogP contribution in [-0.2, 0) is 4.74 Å². The van der Waals surface area contributed by atoms with Crippen molar-refractivity contribution in [3.05, 3.63) is 47.7 Å². The van der Waals surface area contributed by atoms with Crippen LogP contribution in [0.5, 0.6) is 5.88 Å². The molecule has 0 amide bonds. The van der Waals surface area contributed by atoms with E-state index < -0.39 is 0 Å². The summed E-state index contributed by atoms with van der Waals surface area (Å²) in [5.41, 5.74) is 1.64. The van der Waals surface area contributed by atoms with Crippen molar-refractivity contribution in [3.63, 3.8) is 0 Å². The summed E-state index contributed by atoms with van der Waals surface area (Å²) in [4.78, 5) is 8.72. The lowest BCUT2D eigenvalue weighted by Crippen LogP contribution is -2.42. The number of rotatable bonds is 5. The predicted octanol–water partition coefficient (Wildman–Crippen LogP) is 4.89. The molecule has 2 aromatic heterocycles. The molecule has 0 bridgehead atoms. The molecule has 5 rings (SSSR count). The van der Waals surface area contributed by atoms with Crippen LogP contribution in [0.2, 0.25) is 0 Å². The Bertz CT molecular complexity index is 1020. The first kappa shape index (κ1) is 18.7. The number of aromatic nitrogens is 2. The Morgan fingerprint density at radius 1 is 1.10 bits per heavy atom. The first-order valence-electron chi connectivity index (χ1n) is 9.86. The first-order chi connectivity index (χ1) is 14.1. The molecule has 2 fully saturated rings. The van der Waals surface area contributed by atoms with E-state index in [-0.39, 0.29) is 29.7 Å². The highest BCUT2D eigenvalue weighted by Crippen LogP contribution is 2.36. The molecule has 1 aliphatic heterocycles. The van der Waals surface area contributed by atoms with Crippen LogP contribution in [0.1, 0.15) is 37.2 Å². The molecule has 0 spiro atoms. The first-order valence-corrected chi connectivity index (χ1v) is 10.7. The second kappa shape index (κ2) is 7.84. The van der Waals surface area contributed by atoms with Gasteiger partial charge in [-0.3, -0.25) is 0 Å². The van der Waals surface area contributed by atoms with E-state index in [1.807, 2.05) is 0 Å². The number of halogens is 2. The molecule has 5 nitrogen and oxygen atoms in total. The van der Waals surface area contributed by atoms with E-state index in [4.69, 9.17) is 9.47 Å². The summed E-state index contributed by atoms with van der Waals surface area (Å²) in [6.07, 6.45) is 4.60. The molecule has 0 atom stereocenters. The molecule has 1 aromatic carbocycles. The zero-order valence-electron chi connectivity index (χ0n) is 15.7. The van der Waals surface area contributed by atoms with Gasteiger partial charge in [0, 0.05) is 37.7 Å². The number of hydrogen-bond acceptors (Lipinski definition) is 6. The van der Waals surface area contributed by atoms with Crippen LogP contribution in [0, 0.1) is 11.6 Å². The third-order valence-electron chi connectivity index (χ3n) is 5.56. The zero-order valence-corrected chi connectivity index (χ0v) is 16.6. The highest BCUT2D eigenvalue weighted by atomic mass is 32.1. The smallest absolute Gasteiger partial charge is 0.217 e. The molecule has 29 heavy (non-hydrogen) atoms. The van der Waals surface area contributed by atoms with Crippen molar-refractivity contribution in [1.82, 2.24) is 9.97 Å². The normalized spacial score (nSPS) is 22.4. The predicted molar refractivity (Wildman–Crippen MR) is 108 cm³/mol. The quantitative estimate of drug-likeness (QED) is 0.641. The van der Waals surface area contributed by atoms with Gasteiger partial charge in [-0.25, -0.2) is 18.7 Å². The fraction of sp³-hybridized carbons (Fsp3) is 0.429. The number of nitrogens with zero attached hydrogens (tertiary/aromatic N) is 2. The molecule has 1 N–H and O–H groups in total. The molecule has 1 saturated heterocycles. The second-order valence-corrected chi connectivity index (χ2v) is 8.65. The summed E-state index contributed by atoms with van der Waals surface area (Å²) in [6, 6.07) is 6.41. The zero-order chi connectivity index (χ0) is 19.8. The van der Waals surface area contributed by atoms with Gasteiger partial charge in [0.25, 0.3) is 0 Å². The van der Waals surface area contributed by atoms with Crippen LogP contribution in [-0.4, -0.2) is 35.3 Å². The Morgan fingerprint density at radius 3 is 2.76 bits per heavy atom. The van der Waals surface area contributed by atoms with Crippen molar-refractivity contribution < 1.29 is 18.3 Å². The van der Waals surface area contributed by atoms with E-state index in [1.165, 1.54) is 29.7 Å². The highest BCUT2D eigenvalue weighted by Gasteiger charge is 2.33. The molecule has 152 valence electrons. The fourth-order valence-electron chi connectivity index (χ4n) is 3.91. The largest absolute Gasteiger partial charge is 0.474 e. The second-order valence-electron chi connectivity index (χ2n) is 7.62. The van der Waals surface area contributed by atoms with E-state index in [1.54, 1.807) is 12.1 Å². The van der Waals surface area contributed by atoms with E-state index in [0.717, 1.165) is 46.6 Å². The number of fused-ring (bicyclic) bond motifs is 1. The third-order valence-corrected chi connectivity index (χ3v) is 6.51. The number of thiazole rings is 1. The van der Waals surface area contributed by atoms with Crippen molar-refractivity contribution >= 4 is 26.7 Å². The molecule has 1 saturated carbocycles. The molecular weight excluding hydrogens is 396 g/mol. The Kier molecular flexibility index (Phi) is 5.05. The topological polar surface area (TPSA) is 56.3 Å². The van der Waals surface area contributed by atoms with Gasteiger partial charge in [0.2, 0.25) is 5.88 Å². The van der Waals surface area contributed by atoms with Gasteiger partial charge in [-0.1, -0.05) is 11.3 Å². The van der Waals surface area contributed by atoms with Crippen LogP contribution in [0.4, 0.5) is 13.9 Å². The van der Waals surface area contributed by atoms with Gasteiger partial charge < -0.3 is 14.8 Å². The summed E-state index contributed by atoms with van der Waals surface area (Å²) in [7, 11) is 0. The van der Waals surface area contributed by atoms with Crippen LogP contribution in [0.3, 0.4) is 0 Å². The van der Waals surface area contributed by atoms with Crippen molar-refractivity contribution in [3.8, 4) is 5.88 Å². The third kappa shape index (κ3) is 4.04.